The number of methoxy groups -OCH3 is 2. The van der Waals surface area contributed by atoms with Crippen LogP contribution in [0.25, 0.3) is 0 Å². The minimum Gasteiger partial charge on any atom is -0.496 e. The van der Waals surface area contributed by atoms with E-state index in [1.54, 1.807) is 14.2 Å². The lowest BCUT2D eigenvalue weighted by atomic mass is 9.98. The van der Waals surface area contributed by atoms with E-state index in [2.05, 4.69) is 0 Å². The Labute approximate surface area is 121 Å². The van der Waals surface area contributed by atoms with E-state index in [4.69, 9.17) is 15.2 Å². The summed E-state index contributed by atoms with van der Waals surface area (Å²) in [6.45, 7) is 2.75. The standard InChI is InChI=1S/C15H26N2O3/c1-11(16)15(17(2)9-12(18)10-19-3)13-7-5-6-8-14(13)20-4/h5-8,11-12,15,18H,9-10,16H2,1-4H3. The number of likely N-dealkylation sites (N-methyl/N-ethyl adjacent to an activating group) is 1. The Kier molecular flexibility index (Phi) is 6.95. The van der Waals surface area contributed by atoms with Crippen molar-refractivity contribution >= 4 is 0 Å². The zero-order valence-electron chi connectivity index (χ0n) is 12.7. The van der Waals surface area contributed by atoms with Gasteiger partial charge in [0.25, 0.3) is 0 Å². The molecule has 0 bridgehead atoms. The number of hydrogen-bond donors (Lipinski definition) is 2. The summed E-state index contributed by atoms with van der Waals surface area (Å²) in [6.07, 6.45) is -0.541. The Bertz CT molecular complexity index is 398. The van der Waals surface area contributed by atoms with E-state index in [-0.39, 0.29) is 12.1 Å². The molecule has 114 valence electrons. The average Bonchev–Trinajstić information content (AvgIpc) is 2.39. The molecule has 0 aliphatic rings. The summed E-state index contributed by atoms with van der Waals surface area (Å²) in [5.74, 6) is 0.808. The van der Waals surface area contributed by atoms with Crippen LogP contribution in [-0.2, 0) is 4.74 Å². The van der Waals surface area contributed by atoms with E-state index in [0.717, 1.165) is 11.3 Å². The van der Waals surface area contributed by atoms with Gasteiger partial charge in [-0.05, 0) is 20.0 Å². The molecule has 0 spiro atoms. The van der Waals surface area contributed by atoms with Gasteiger partial charge in [0, 0.05) is 25.3 Å². The lowest BCUT2D eigenvalue weighted by molar-refractivity contribution is 0.0314. The van der Waals surface area contributed by atoms with Gasteiger partial charge in [-0.3, -0.25) is 4.90 Å². The van der Waals surface area contributed by atoms with Crippen molar-refractivity contribution in [1.29, 1.82) is 0 Å². The third-order valence-corrected chi connectivity index (χ3v) is 3.29. The fourth-order valence-corrected chi connectivity index (χ4v) is 2.52. The number of nitrogens with zero attached hydrogens (tertiary/aromatic N) is 1. The van der Waals surface area contributed by atoms with E-state index in [1.807, 2.05) is 43.1 Å². The second-order valence-electron chi connectivity index (χ2n) is 5.09. The Morgan fingerprint density at radius 2 is 1.95 bits per heavy atom. The monoisotopic (exact) mass is 282 g/mol. The molecule has 0 aliphatic heterocycles. The molecular weight excluding hydrogens is 256 g/mol. The van der Waals surface area contributed by atoms with Gasteiger partial charge in [0.05, 0.1) is 25.9 Å². The summed E-state index contributed by atoms with van der Waals surface area (Å²) in [5.41, 5.74) is 7.16. The highest BCUT2D eigenvalue weighted by atomic mass is 16.5. The fourth-order valence-electron chi connectivity index (χ4n) is 2.52. The number of nitrogens with two attached hydrogens (primary N) is 1. The summed E-state index contributed by atoms with van der Waals surface area (Å²) in [7, 11) is 5.17. The molecule has 0 radical (unpaired) electrons. The molecule has 0 aliphatic carbocycles. The van der Waals surface area contributed by atoms with Crippen molar-refractivity contribution in [2.75, 3.05) is 34.4 Å². The van der Waals surface area contributed by atoms with Crippen LogP contribution in [-0.4, -0.2) is 56.6 Å². The van der Waals surface area contributed by atoms with Crippen molar-refractivity contribution in [2.45, 2.75) is 25.1 Å². The van der Waals surface area contributed by atoms with Crippen LogP contribution in [0.3, 0.4) is 0 Å². The summed E-state index contributed by atoms with van der Waals surface area (Å²) in [5, 5.41) is 9.88. The van der Waals surface area contributed by atoms with Gasteiger partial charge in [-0.1, -0.05) is 18.2 Å². The van der Waals surface area contributed by atoms with Crippen LogP contribution in [0.15, 0.2) is 24.3 Å². The summed E-state index contributed by atoms with van der Waals surface area (Å²) in [4.78, 5) is 2.03. The average molecular weight is 282 g/mol. The SMILES string of the molecule is COCC(O)CN(C)C(c1ccccc1OC)C(C)N. The third-order valence-electron chi connectivity index (χ3n) is 3.29. The fraction of sp³-hybridized carbons (Fsp3) is 0.600. The first-order valence-electron chi connectivity index (χ1n) is 6.77. The Balaban J connectivity index is 2.93. The highest BCUT2D eigenvalue weighted by Crippen LogP contribution is 2.30. The molecule has 1 rings (SSSR count). The zero-order valence-corrected chi connectivity index (χ0v) is 12.7. The molecule has 0 saturated heterocycles. The van der Waals surface area contributed by atoms with Crippen molar-refractivity contribution in [3.05, 3.63) is 29.8 Å². The lowest BCUT2D eigenvalue weighted by Gasteiger charge is -2.33. The van der Waals surface area contributed by atoms with Crippen LogP contribution in [0.2, 0.25) is 0 Å². The predicted molar refractivity (Wildman–Crippen MR) is 79.9 cm³/mol. The van der Waals surface area contributed by atoms with Gasteiger partial charge in [0.2, 0.25) is 0 Å². The number of aliphatic hydroxyl groups is 1. The van der Waals surface area contributed by atoms with Crippen LogP contribution >= 0.6 is 0 Å². The largest absolute Gasteiger partial charge is 0.496 e. The summed E-state index contributed by atoms with van der Waals surface area (Å²) >= 11 is 0. The molecule has 0 heterocycles. The van der Waals surface area contributed by atoms with Crippen molar-refractivity contribution in [1.82, 2.24) is 4.90 Å². The topological polar surface area (TPSA) is 68.0 Å². The number of benzene rings is 1. The lowest BCUT2D eigenvalue weighted by Crippen LogP contribution is -2.42. The quantitative estimate of drug-likeness (QED) is 0.745. The Morgan fingerprint density at radius 3 is 2.50 bits per heavy atom. The van der Waals surface area contributed by atoms with E-state index in [1.165, 1.54) is 0 Å². The molecule has 1 aromatic rings. The normalized spacial score (nSPS) is 15.9. The van der Waals surface area contributed by atoms with Crippen LogP contribution in [0, 0.1) is 0 Å². The molecule has 3 N–H and O–H groups in total. The van der Waals surface area contributed by atoms with Crippen LogP contribution in [0.1, 0.15) is 18.5 Å². The van der Waals surface area contributed by atoms with Gasteiger partial charge in [0.1, 0.15) is 5.75 Å². The van der Waals surface area contributed by atoms with E-state index < -0.39 is 6.10 Å². The van der Waals surface area contributed by atoms with Gasteiger partial charge >= 0.3 is 0 Å². The molecular formula is C15H26N2O3. The number of para-hydroxylation sites is 1. The summed E-state index contributed by atoms with van der Waals surface area (Å²) in [6, 6.07) is 7.70. The maximum atomic E-state index is 9.88. The molecule has 0 aromatic heterocycles. The highest BCUT2D eigenvalue weighted by molar-refractivity contribution is 5.36. The second kappa shape index (κ2) is 8.21. The third kappa shape index (κ3) is 4.45. The van der Waals surface area contributed by atoms with Crippen molar-refractivity contribution < 1.29 is 14.6 Å². The van der Waals surface area contributed by atoms with Crippen molar-refractivity contribution in [2.24, 2.45) is 5.73 Å². The van der Waals surface area contributed by atoms with Gasteiger partial charge in [-0.2, -0.15) is 0 Å². The van der Waals surface area contributed by atoms with Crippen LogP contribution < -0.4 is 10.5 Å². The maximum Gasteiger partial charge on any atom is 0.123 e. The van der Waals surface area contributed by atoms with Crippen molar-refractivity contribution in [3.8, 4) is 5.75 Å². The first-order chi connectivity index (χ1) is 9.51. The van der Waals surface area contributed by atoms with Gasteiger partial charge < -0.3 is 20.3 Å². The predicted octanol–water partition coefficient (Wildman–Crippen LogP) is 1.02. The highest BCUT2D eigenvalue weighted by Gasteiger charge is 2.25. The molecule has 0 saturated carbocycles. The zero-order chi connectivity index (χ0) is 15.1. The first kappa shape index (κ1) is 16.9. The van der Waals surface area contributed by atoms with Crippen LogP contribution in [0.4, 0.5) is 0 Å². The minimum absolute atomic E-state index is 0.0299. The molecule has 0 fully saturated rings. The van der Waals surface area contributed by atoms with Gasteiger partial charge in [-0.15, -0.1) is 0 Å². The van der Waals surface area contributed by atoms with Gasteiger partial charge in [-0.25, -0.2) is 0 Å². The van der Waals surface area contributed by atoms with Crippen molar-refractivity contribution in [3.63, 3.8) is 0 Å². The smallest absolute Gasteiger partial charge is 0.123 e. The number of ether oxygens (including phenoxy) is 2. The second-order valence-corrected chi connectivity index (χ2v) is 5.09. The van der Waals surface area contributed by atoms with Gasteiger partial charge in [0.15, 0.2) is 0 Å². The molecule has 1 aromatic carbocycles. The molecule has 0 amide bonds. The number of hydrogen-bond acceptors (Lipinski definition) is 5. The van der Waals surface area contributed by atoms with E-state index in [9.17, 15) is 5.11 Å². The van der Waals surface area contributed by atoms with E-state index in [0.29, 0.717) is 13.2 Å². The minimum atomic E-state index is -0.541. The maximum absolute atomic E-state index is 9.88. The molecule has 5 nitrogen and oxygen atoms in total. The Morgan fingerprint density at radius 1 is 1.30 bits per heavy atom. The first-order valence-corrected chi connectivity index (χ1v) is 6.77. The Hall–Kier alpha value is -1.14. The number of rotatable bonds is 8. The molecule has 3 atom stereocenters. The number of aliphatic hydroxyl groups excluding tert-OH is 1. The molecule has 5 heteroatoms. The molecule has 3 unspecified atom stereocenters. The molecule has 20 heavy (non-hydrogen) atoms. The van der Waals surface area contributed by atoms with Crippen LogP contribution in [0.5, 0.6) is 5.75 Å². The van der Waals surface area contributed by atoms with E-state index >= 15 is 0 Å². The summed E-state index contributed by atoms with van der Waals surface area (Å²) < 4.78 is 10.4.